The molecule has 0 saturated heterocycles. The van der Waals surface area contributed by atoms with Crippen LogP contribution in [0.5, 0.6) is 0 Å². The number of aliphatic hydroxyl groups is 1. The predicted molar refractivity (Wildman–Crippen MR) is 119 cm³/mol. The van der Waals surface area contributed by atoms with E-state index in [0.29, 0.717) is 6.42 Å². The smallest absolute Gasteiger partial charge is 0.748 e. The SMILES string of the molecule is CCCCCCC(O)CCCCCCCCCCCCCCC(C)S(=O)(=O)[O-].[K+]. The summed E-state index contributed by atoms with van der Waals surface area (Å²) in [7, 11) is -4.09. The fourth-order valence-electron chi connectivity index (χ4n) is 3.67. The van der Waals surface area contributed by atoms with E-state index >= 15 is 0 Å². The summed E-state index contributed by atoms with van der Waals surface area (Å²) < 4.78 is 32.4. The molecule has 0 fully saturated rings. The number of rotatable bonds is 21. The Kier molecular flexibility index (Phi) is 25.6. The van der Waals surface area contributed by atoms with Gasteiger partial charge in [-0.05, 0) is 26.2 Å². The molecular weight excluding hydrogens is 411 g/mol. The van der Waals surface area contributed by atoms with Crippen LogP contribution in [0.1, 0.15) is 136 Å². The van der Waals surface area contributed by atoms with Gasteiger partial charge >= 0.3 is 51.4 Å². The zero-order chi connectivity index (χ0) is 21.1. The van der Waals surface area contributed by atoms with E-state index in [2.05, 4.69) is 6.92 Å². The summed E-state index contributed by atoms with van der Waals surface area (Å²) in [5, 5.41) is 9.21. The van der Waals surface area contributed by atoms with E-state index < -0.39 is 15.4 Å². The molecule has 0 aliphatic rings. The van der Waals surface area contributed by atoms with E-state index in [-0.39, 0.29) is 57.5 Å². The van der Waals surface area contributed by atoms with E-state index in [4.69, 9.17) is 0 Å². The van der Waals surface area contributed by atoms with Crippen molar-refractivity contribution in [2.45, 2.75) is 147 Å². The molecule has 0 amide bonds. The number of hydrogen-bond acceptors (Lipinski definition) is 4. The molecule has 0 aromatic rings. The minimum absolute atomic E-state index is 0. The van der Waals surface area contributed by atoms with Crippen LogP contribution in [0.4, 0.5) is 0 Å². The molecule has 4 nitrogen and oxygen atoms in total. The number of aliphatic hydroxyl groups excluding tert-OH is 1. The van der Waals surface area contributed by atoms with Gasteiger partial charge in [0.2, 0.25) is 0 Å². The Bertz CT molecular complexity index is 429. The van der Waals surface area contributed by atoms with Crippen molar-refractivity contribution in [3.8, 4) is 0 Å². The molecule has 0 spiro atoms. The first kappa shape index (κ1) is 32.7. The third kappa shape index (κ3) is 24.0. The van der Waals surface area contributed by atoms with Crippen LogP contribution < -0.4 is 51.4 Å². The minimum atomic E-state index is -4.09. The van der Waals surface area contributed by atoms with E-state index in [9.17, 15) is 18.1 Å². The number of hydrogen-bond donors (Lipinski definition) is 1. The molecule has 0 aromatic carbocycles. The molecule has 1 N–H and O–H groups in total. The quantitative estimate of drug-likeness (QED) is 0.162. The Balaban J connectivity index is 0. The van der Waals surface area contributed by atoms with Crippen molar-refractivity contribution >= 4 is 10.1 Å². The van der Waals surface area contributed by atoms with Crippen molar-refractivity contribution in [3.63, 3.8) is 0 Å². The topological polar surface area (TPSA) is 77.4 Å². The zero-order valence-electron chi connectivity index (χ0n) is 19.7. The predicted octanol–water partition coefficient (Wildman–Crippen LogP) is 3.72. The monoisotopic (exact) mass is 458 g/mol. The van der Waals surface area contributed by atoms with Gasteiger partial charge in [0.1, 0.15) is 0 Å². The van der Waals surface area contributed by atoms with Crippen molar-refractivity contribution in [1.82, 2.24) is 0 Å². The van der Waals surface area contributed by atoms with E-state index in [0.717, 1.165) is 32.1 Å². The van der Waals surface area contributed by atoms with Crippen LogP contribution in [-0.4, -0.2) is 29.4 Å². The minimum Gasteiger partial charge on any atom is -0.748 e. The van der Waals surface area contributed by atoms with E-state index in [1.807, 2.05) is 0 Å². The molecule has 0 rings (SSSR count). The van der Waals surface area contributed by atoms with Gasteiger partial charge in [0.05, 0.1) is 16.2 Å². The zero-order valence-corrected chi connectivity index (χ0v) is 23.6. The van der Waals surface area contributed by atoms with E-state index in [1.54, 1.807) is 0 Å². The van der Waals surface area contributed by atoms with Gasteiger partial charge in [-0.2, -0.15) is 0 Å². The molecule has 2 atom stereocenters. The van der Waals surface area contributed by atoms with Gasteiger partial charge in [0, 0.05) is 5.25 Å². The summed E-state index contributed by atoms with van der Waals surface area (Å²) in [4.78, 5) is 0. The second-order valence-corrected chi connectivity index (χ2v) is 10.4. The summed E-state index contributed by atoms with van der Waals surface area (Å²) >= 11 is 0. The van der Waals surface area contributed by atoms with Crippen molar-refractivity contribution in [1.29, 1.82) is 0 Å². The summed E-state index contributed by atoms with van der Waals surface area (Å²) in [6.07, 6.45) is 21.8. The first-order valence-electron chi connectivity index (χ1n) is 12.0. The average Bonchev–Trinajstić information content (AvgIpc) is 2.64. The van der Waals surface area contributed by atoms with Crippen LogP contribution in [0.2, 0.25) is 0 Å². The molecule has 6 heteroatoms. The van der Waals surface area contributed by atoms with Gasteiger partial charge in [-0.15, -0.1) is 0 Å². The van der Waals surface area contributed by atoms with Crippen molar-refractivity contribution < 1.29 is 69.5 Å². The third-order valence-electron chi connectivity index (χ3n) is 5.78. The van der Waals surface area contributed by atoms with Gasteiger partial charge in [-0.25, -0.2) is 8.42 Å². The molecule has 0 heterocycles. The number of unbranched alkanes of at least 4 members (excludes halogenated alkanes) is 14. The first-order chi connectivity index (χ1) is 13.4. The second kappa shape index (κ2) is 22.7. The molecule has 0 aliphatic heterocycles. The van der Waals surface area contributed by atoms with Crippen LogP contribution >= 0.6 is 0 Å². The van der Waals surface area contributed by atoms with Crippen LogP contribution in [0, 0.1) is 0 Å². The normalized spacial score (nSPS) is 13.8. The molecule has 0 aliphatic carbocycles. The Morgan fingerprint density at radius 2 is 0.966 bits per heavy atom. The first-order valence-corrected chi connectivity index (χ1v) is 13.5. The Morgan fingerprint density at radius 1 is 0.655 bits per heavy atom. The van der Waals surface area contributed by atoms with Gasteiger partial charge in [-0.1, -0.05) is 110 Å². The Labute approximate surface area is 224 Å². The van der Waals surface area contributed by atoms with Gasteiger partial charge in [-0.3, -0.25) is 0 Å². The molecule has 0 bridgehead atoms. The van der Waals surface area contributed by atoms with Gasteiger partial charge < -0.3 is 9.66 Å². The maximum absolute atomic E-state index is 10.8. The van der Waals surface area contributed by atoms with Crippen molar-refractivity contribution in [3.05, 3.63) is 0 Å². The van der Waals surface area contributed by atoms with Crippen molar-refractivity contribution in [2.75, 3.05) is 0 Å². The van der Waals surface area contributed by atoms with E-state index in [1.165, 1.54) is 90.4 Å². The Morgan fingerprint density at radius 3 is 1.31 bits per heavy atom. The van der Waals surface area contributed by atoms with Gasteiger partial charge in [0.25, 0.3) is 0 Å². The Hall–Kier alpha value is 1.51. The van der Waals surface area contributed by atoms with Gasteiger partial charge in [0.15, 0.2) is 0 Å². The van der Waals surface area contributed by atoms with Crippen molar-refractivity contribution in [2.24, 2.45) is 0 Å². The van der Waals surface area contributed by atoms with Crippen LogP contribution in [0.3, 0.4) is 0 Å². The largest absolute Gasteiger partial charge is 1.00 e. The maximum Gasteiger partial charge on any atom is 1.00 e. The molecule has 0 radical (unpaired) electrons. The maximum atomic E-state index is 10.8. The molecule has 29 heavy (non-hydrogen) atoms. The fourth-order valence-corrected chi connectivity index (χ4v) is 4.13. The summed E-state index contributed by atoms with van der Waals surface area (Å²) in [6, 6.07) is 0. The van der Waals surface area contributed by atoms with Crippen LogP contribution in [-0.2, 0) is 10.1 Å². The van der Waals surface area contributed by atoms with Crippen LogP contribution in [0.25, 0.3) is 0 Å². The molecule has 0 aromatic heterocycles. The molecule has 170 valence electrons. The summed E-state index contributed by atoms with van der Waals surface area (Å²) in [5.41, 5.74) is 0. The standard InChI is InChI=1S/C23H48O4S.K/c1-3-4-5-17-20-23(24)21-18-15-13-11-9-7-6-8-10-12-14-16-19-22(2)28(25,26)27;/h22-24H,3-21H2,1-2H3,(H,25,26,27);/q;+1/p-1. The fraction of sp³-hybridized carbons (Fsp3) is 1.00. The third-order valence-corrected chi connectivity index (χ3v) is 7.00. The van der Waals surface area contributed by atoms with Crippen LogP contribution in [0.15, 0.2) is 0 Å². The molecule has 2 unspecified atom stereocenters. The summed E-state index contributed by atoms with van der Waals surface area (Å²) in [5.74, 6) is 0. The summed E-state index contributed by atoms with van der Waals surface area (Å²) in [6.45, 7) is 3.73. The molecule has 0 saturated carbocycles. The molecular formula is C23H47KO4S. The average molecular weight is 459 g/mol. The second-order valence-electron chi connectivity index (χ2n) is 8.63.